The first-order chi connectivity index (χ1) is 15.4. The van der Waals surface area contributed by atoms with Gasteiger partial charge in [-0.3, -0.25) is 4.40 Å². The zero-order chi connectivity index (χ0) is 22.3. The first kappa shape index (κ1) is 20.4. The van der Waals surface area contributed by atoms with Crippen LogP contribution in [0.25, 0.3) is 26.4 Å². The Morgan fingerprint density at radius 3 is 2.59 bits per heavy atom. The quantitative estimate of drug-likeness (QED) is 0.311. The molecule has 5 aromatic rings. The maximum absolute atomic E-state index is 5.40. The van der Waals surface area contributed by atoms with Gasteiger partial charge in [0.15, 0.2) is 10.8 Å². The molecule has 0 aliphatic carbocycles. The van der Waals surface area contributed by atoms with E-state index in [1.807, 2.05) is 18.2 Å². The molecule has 5 rings (SSSR count). The Morgan fingerprint density at radius 1 is 1.06 bits per heavy atom. The van der Waals surface area contributed by atoms with Crippen molar-refractivity contribution in [1.29, 1.82) is 0 Å². The molecule has 3 heterocycles. The van der Waals surface area contributed by atoms with E-state index < -0.39 is 0 Å². The minimum Gasteiger partial charge on any atom is -0.497 e. The van der Waals surface area contributed by atoms with Gasteiger partial charge in [0.2, 0.25) is 0 Å². The van der Waals surface area contributed by atoms with Crippen molar-refractivity contribution in [2.45, 2.75) is 26.2 Å². The van der Waals surface area contributed by atoms with Crippen LogP contribution >= 0.6 is 11.3 Å². The Morgan fingerprint density at radius 2 is 1.88 bits per heavy atom. The average Bonchev–Trinajstić information content (AvgIpc) is 3.48. The number of hydrogen-bond acceptors (Lipinski definition) is 7. The number of fused-ring (bicyclic) bond motifs is 3. The summed E-state index contributed by atoms with van der Waals surface area (Å²) < 4.78 is 14.0. The summed E-state index contributed by atoms with van der Waals surface area (Å²) in [5.41, 5.74) is 4.12. The van der Waals surface area contributed by atoms with Crippen LogP contribution < -0.4 is 15.4 Å². The third-order valence-corrected chi connectivity index (χ3v) is 6.31. The highest BCUT2D eigenvalue weighted by molar-refractivity contribution is 7.23. The summed E-state index contributed by atoms with van der Waals surface area (Å²) in [7, 11) is 1.68. The summed E-state index contributed by atoms with van der Waals surface area (Å²) in [5, 5.41) is 10.7. The average molecular weight is 448 g/mol. The lowest BCUT2D eigenvalue weighted by molar-refractivity contribution is 0.330. The van der Waals surface area contributed by atoms with Crippen molar-refractivity contribution in [3.05, 3.63) is 60.5 Å². The van der Waals surface area contributed by atoms with Crippen molar-refractivity contribution < 1.29 is 9.26 Å². The molecule has 0 aliphatic heterocycles. The molecule has 0 bridgehead atoms. The molecule has 0 spiro atoms. The Balaban J connectivity index is 1.26. The van der Waals surface area contributed by atoms with Crippen LogP contribution in [0.1, 0.15) is 26.5 Å². The summed E-state index contributed by atoms with van der Waals surface area (Å²) in [6.45, 7) is 6.84. The Kier molecular flexibility index (Phi) is 5.01. The van der Waals surface area contributed by atoms with Crippen molar-refractivity contribution in [3.63, 3.8) is 0 Å². The number of benzene rings is 2. The number of aromatic nitrogens is 3. The van der Waals surface area contributed by atoms with E-state index in [0.29, 0.717) is 6.67 Å². The molecule has 164 valence electrons. The lowest BCUT2D eigenvalue weighted by atomic mass is 9.93. The van der Waals surface area contributed by atoms with Gasteiger partial charge in [0.05, 0.1) is 29.7 Å². The largest absolute Gasteiger partial charge is 0.497 e. The van der Waals surface area contributed by atoms with Crippen molar-refractivity contribution in [3.8, 4) is 17.0 Å². The maximum Gasteiger partial charge on any atom is 0.195 e. The van der Waals surface area contributed by atoms with Gasteiger partial charge < -0.3 is 19.9 Å². The third kappa shape index (κ3) is 3.89. The van der Waals surface area contributed by atoms with Crippen LogP contribution in [-0.4, -0.2) is 28.3 Å². The zero-order valence-electron chi connectivity index (χ0n) is 18.5. The van der Waals surface area contributed by atoms with Crippen LogP contribution in [0.15, 0.2) is 59.3 Å². The molecule has 0 saturated carbocycles. The second-order valence-corrected chi connectivity index (χ2v) is 9.66. The molecule has 0 saturated heterocycles. The molecule has 8 heteroatoms. The lowest BCUT2D eigenvalue weighted by Gasteiger charge is -2.12. The van der Waals surface area contributed by atoms with Gasteiger partial charge in [-0.15, -0.1) is 0 Å². The molecule has 7 nitrogen and oxygen atoms in total. The van der Waals surface area contributed by atoms with Crippen LogP contribution in [0.2, 0.25) is 0 Å². The van der Waals surface area contributed by atoms with Crippen molar-refractivity contribution >= 4 is 38.0 Å². The minimum absolute atomic E-state index is 0.0586. The van der Waals surface area contributed by atoms with E-state index in [9.17, 15) is 0 Å². The Bertz CT molecular complexity index is 1380. The topological polar surface area (TPSA) is 76.6 Å². The van der Waals surface area contributed by atoms with Crippen LogP contribution in [-0.2, 0) is 5.41 Å². The number of methoxy groups -OCH3 is 1. The fraction of sp³-hybridized carbons (Fsp3) is 0.250. The molecule has 2 N–H and O–H groups in total. The highest BCUT2D eigenvalue weighted by Gasteiger charge is 2.19. The summed E-state index contributed by atoms with van der Waals surface area (Å²) in [6.07, 6.45) is 2.09. The van der Waals surface area contributed by atoms with E-state index in [0.717, 1.165) is 49.4 Å². The molecule has 0 amide bonds. The number of nitrogens with one attached hydrogen (secondary N) is 2. The highest BCUT2D eigenvalue weighted by atomic mass is 32.1. The van der Waals surface area contributed by atoms with Crippen LogP contribution in [0.5, 0.6) is 5.75 Å². The summed E-state index contributed by atoms with van der Waals surface area (Å²) >= 11 is 1.66. The first-order valence-corrected chi connectivity index (χ1v) is 11.2. The number of rotatable bonds is 6. The van der Waals surface area contributed by atoms with Gasteiger partial charge in [-0.1, -0.05) is 49.4 Å². The Hall–Kier alpha value is -3.52. The standard InChI is InChI=1S/C24H25N5O2S/c1-24(2,3)21-12-22(28-31-21)26-14-25-16-7-5-15(6-8-16)18-13-29-19-10-9-17(30-4)11-20(19)32-23(29)27-18/h5-13,25H,14H2,1-4H3,(H,26,28). The molecule has 0 aliphatic rings. The second kappa shape index (κ2) is 7.87. The molecular formula is C24H25N5O2S. The second-order valence-electron chi connectivity index (χ2n) is 8.65. The first-order valence-electron chi connectivity index (χ1n) is 10.4. The predicted molar refractivity (Wildman–Crippen MR) is 130 cm³/mol. The number of anilines is 2. The normalized spacial score (nSPS) is 11.9. The van der Waals surface area contributed by atoms with Gasteiger partial charge in [-0.2, -0.15) is 0 Å². The number of thiazole rings is 1. The predicted octanol–water partition coefficient (Wildman–Crippen LogP) is 5.99. The highest BCUT2D eigenvalue weighted by Crippen LogP contribution is 2.32. The van der Waals surface area contributed by atoms with Gasteiger partial charge in [0.25, 0.3) is 0 Å². The van der Waals surface area contributed by atoms with Gasteiger partial charge in [-0.05, 0) is 30.3 Å². The molecule has 0 unspecified atom stereocenters. The minimum atomic E-state index is -0.0586. The van der Waals surface area contributed by atoms with Gasteiger partial charge >= 0.3 is 0 Å². The van der Waals surface area contributed by atoms with Crippen molar-refractivity contribution in [2.75, 3.05) is 24.4 Å². The fourth-order valence-corrected chi connectivity index (χ4v) is 4.49. The molecule has 32 heavy (non-hydrogen) atoms. The number of hydrogen-bond donors (Lipinski definition) is 2. The fourth-order valence-electron chi connectivity index (χ4n) is 3.46. The van der Waals surface area contributed by atoms with Crippen molar-refractivity contribution in [1.82, 2.24) is 14.5 Å². The number of ether oxygens (including phenoxy) is 1. The van der Waals surface area contributed by atoms with Crippen molar-refractivity contribution in [2.24, 2.45) is 0 Å². The smallest absolute Gasteiger partial charge is 0.195 e. The lowest BCUT2D eigenvalue weighted by Crippen LogP contribution is -2.12. The van der Waals surface area contributed by atoms with Gasteiger partial charge in [0.1, 0.15) is 11.5 Å². The summed E-state index contributed by atoms with van der Waals surface area (Å²) in [4.78, 5) is 5.79. The van der Waals surface area contributed by atoms with E-state index in [4.69, 9.17) is 14.2 Å². The van der Waals surface area contributed by atoms with E-state index >= 15 is 0 Å². The van der Waals surface area contributed by atoms with Crippen LogP contribution in [0.3, 0.4) is 0 Å². The molecule has 2 aromatic carbocycles. The van der Waals surface area contributed by atoms with E-state index in [2.05, 4.69) is 77.5 Å². The monoisotopic (exact) mass is 447 g/mol. The number of imidazole rings is 1. The zero-order valence-corrected chi connectivity index (χ0v) is 19.3. The number of nitrogens with zero attached hydrogens (tertiary/aromatic N) is 3. The Labute approximate surface area is 190 Å². The van der Waals surface area contributed by atoms with Gasteiger partial charge in [-0.25, -0.2) is 4.98 Å². The molecule has 0 radical (unpaired) electrons. The van der Waals surface area contributed by atoms with Gasteiger partial charge in [0, 0.05) is 28.9 Å². The summed E-state index contributed by atoms with van der Waals surface area (Å²) in [6, 6.07) is 16.3. The SMILES string of the molecule is COc1ccc2c(c1)sc1nc(-c3ccc(NCNc4cc(C(C)(C)C)on4)cc3)cn12. The molecular weight excluding hydrogens is 422 g/mol. The van der Waals surface area contributed by atoms with Crippen LogP contribution in [0.4, 0.5) is 11.5 Å². The van der Waals surface area contributed by atoms with E-state index in [1.54, 1.807) is 18.4 Å². The molecule has 0 fully saturated rings. The van der Waals surface area contributed by atoms with E-state index in [1.165, 1.54) is 0 Å². The third-order valence-electron chi connectivity index (χ3n) is 5.29. The summed E-state index contributed by atoms with van der Waals surface area (Å²) in [5.74, 6) is 2.44. The molecule has 3 aromatic heterocycles. The van der Waals surface area contributed by atoms with E-state index in [-0.39, 0.29) is 5.41 Å². The van der Waals surface area contributed by atoms with Crippen LogP contribution in [0, 0.1) is 0 Å². The maximum atomic E-state index is 5.40. The molecule has 0 atom stereocenters.